The fraction of sp³-hybridized carbons (Fsp3) is 0.120. The van der Waals surface area contributed by atoms with E-state index in [2.05, 4.69) is 14.7 Å². The zero-order valence-electron chi connectivity index (χ0n) is 18.1. The van der Waals surface area contributed by atoms with E-state index in [1.165, 1.54) is 12.1 Å². The van der Waals surface area contributed by atoms with Gasteiger partial charge >= 0.3 is 0 Å². The van der Waals surface area contributed by atoms with E-state index < -0.39 is 15.6 Å². The van der Waals surface area contributed by atoms with Crippen molar-refractivity contribution in [3.8, 4) is 22.9 Å². The first kappa shape index (κ1) is 22.4. The van der Waals surface area contributed by atoms with Crippen molar-refractivity contribution in [1.29, 1.82) is 0 Å². The molecule has 0 fully saturated rings. The lowest BCUT2D eigenvalue weighted by Crippen LogP contribution is -2.16. The molecule has 7 nitrogen and oxygen atoms in total. The highest BCUT2D eigenvalue weighted by atomic mass is 32.2. The summed E-state index contributed by atoms with van der Waals surface area (Å²) in [6.07, 6.45) is 0. The number of aromatic nitrogens is 2. The number of para-hydroxylation sites is 1. The molecule has 1 heterocycles. The van der Waals surface area contributed by atoms with E-state index in [0.29, 0.717) is 22.6 Å². The summed E-state index contributed by atoms with van der Waals surface area (Å²) in [5, 5.41) is 10.4. The summed E-state index contributed by atoms with van der Waals surface area (Å²) < 4.78 is 34.0. The van der Waals surface area contributed by atoms with Crippen LogP contribution in [-0.2, 0) is 15.6 Å². The largest absolute Gasteiger partial charge is 0.439 e. The molecule has 0 aliphatic rings. The number of hydrogen-bond donors (Lipinski definition) is 2. The van der Waals surface area contributed by atoms with Crippen LogP contribution >= 0.6 is 0 Å². The summed E-state index contributed by atoms with van der Waals surface area (Å²) in [6.45, 7) is 3.38. The van der Waals surface area contributed by atoms with Gasteiger partial charge in [-0.1, -0.05) is 54.6 Å². The zero-order chi connectivity index (χ0) is 23.5. The van der Waals surface area contributed by atoms with Gasteiger partial charge in [0.2, 0.25) is 11.8 Å². The van der Waals surface area contributed by atoms with Crippen LogP contribution in [0, 0.1) is 0 Å². The summed E-state index contributed by atoms with van der Waals surface area (Å²) in [7, 11) is -3.90. The van der Waals surface area contributed by atoms with Gasteiger partial charge in [0.25, 0.3) is 10.0 Å². The molecule has 168 valence electrons. The van der Waals surface area contributed by atoms with Crippen LogP contribution in [0.25, 0.3) is 11.3 Å². The molecule has 3 aromatic carbocycles. The number of anilines is 1. The van der Waals surface area contributed by atoms with Crippen LogP contribution in [0.4, 0.5) is 5.95 Å². The number of hydrogen-bond acceptors (Lipinski definition) is 6. The fourth-order valence-electron chi connectivity index (χ4n) is 3.12. The number of ether oxygens (including phenoxy) is 1. The summed E-state index contributed by atoms with van der Waals surface area (Å²) in [5.74, 6) is 0.589. The molecular formula is C25H23N3O4S. The second-order valence-corrected chi connectivity index (χ2v) is 9.57. The van der Waals surface area contributed by atoms with Crippen LogP contribution in [0.5, 0.6) is 11.6 Å². The van der Waals surface area contributed by atoms with Gasteiger partial charge in [0.1, 0.15) is 5.75 Å². The molecule has 0 unspecified atom stereocenters. The minimum absolute atomic E-state index is 0.0913. The number of nitrogens with one attached hydrogen (secondary N) is 1. The lowest BCUT2D eigenvalue weighted by atomic mass is 9.96. The van der Waals surface area contributed by atoms with Gasteiger partial charge in [0.15, 0.2) is 0 Å². The average Bonchev–Trinajstić information content (AvgIpc) is 2.79. The van der Waals surface area contributed by atoms with Crippen molar-refractivity contribution < 1.29 is 18.3 Å². The third kappa shape index (κ3) is 5.54. The van der Waals surface area contributed by atoms with Crippen molar-refractivity contribution >= 4 is 16.0 Å². The Bertz CT molecular complexity index is 1350. The quantitative estimate of drug-likeness (QED) is 0.403. The molecule has 33 heavy (non-hydrogen) atoms. The molecule has 0 spiro atoms. The van der Waals surface area contributed by atoms with Crippen LogP contribution in [-0.4, -0.2) is 23.5 Å². The fourth-order valence-corrected chi connectivity index (χ4v) is 4.08. The van der Waals surface area contributed by atoms with E-state index >= 15 is 0 Å². The normalized spacial score (nSPS) is 11.7. The molecule has 0 amide bonds. The molecule has 0 radical (unpaired) electrons. The summed E-state index contributed by atoms with van der Waals surface area (Å²) in [5.41, 5.74) is 0.753. The maximum absolute atomic E-state index is 12.8. The SMILES string of the molecule is CC(C)(O)c1cccc(-c2cc(Oc3ccccc3)nc(NS(=O)(=O)c3ccccc3)n2)c1. The molecule has 0 saturated carbocycles. The molecule has 0 atom stereocenters. The third-order valence-electron chi connectivity index (χ3n) is 4.81. The van der Waals surface area contributed by atoms with Crippen LogP contribution in [0.15, 0.2) is 95.9 Å². The molecule has 4 rings (SSSR count). The lowest BCUT2D eigenvalue weighted by molar-refractivity contribution is 0.0786. The first-order chi connectivity index (χ1) is 15.7. The van der Waals surface area contributed by atoms with Gasteiger partial charge in [-0.05, 0) is 49.7 Å². The van der Waals surface area contributed by atoms with E-state index in [4.69, 9.17) is 4.74 Å². The molecule has 2 N–H and O–H groups in total. The molecular weight excluding hydrogens is 438 g/mol. The van der Waals surface area contributed by atoms with Gasteiger partial charge in [-0.2, -0.15) is 4.98 Å². The van der Waals surface area contributed by atoms with Gasteiger partial charge < -0.3 is 9.84 Å². The van der Waals surface area contributed by atoms with Crippen LogP contribution in [0.1, 0.15) is 19.4 Å². The molecule has 4 aromatic rings. The Kier molecular flexibility index (Phi) is 6.13. The highest BCUT2D eigenvalue weighted by Crippen LogP contribution is 2.29. The average molecular weight is 462 g/mol. The molecule has 0 saturated heterocycles. The topological polar surface area (TPSA) is 101 Å². The Morgan fingerprint density at radius 2 is 1.52 bits per heavy atom. The summed E-state index contributed by atoms with van der Waals surface area (Å²) >= 11 is 0. The number of benzene rings is 3. The first-order valence-electron chi connectivity index (χ1n) is 10.2. The highest BCUT2D eigenvalue weighted by molar-refractivity contribution is 7.92. The third-order valence-corrected chi connectivity index (χ3v) is 6.16. The molecule has 8 heteroatoms. The Balaban J connectivity index is 1.77. The lowest BCUT2D eigenvalue weighted by Gasteiger charge is -2.18. The molecule has 0 aliphatic heterocycles. The standard InChI is InChI=1S/C25H23N3O4S/c1-25(2,29)19-11-9-10-18(16-19)22-17-23(32-20-12-5-3-6-13-20)27-24(26-22)28-33(30,31)21-14-7-4-8-15-21/h3-17,29H,1-2H3,(H,26,27,28). The van der Waals surface area contributed by atoms with Crippen molar-refractivity contribution in [2.24, 2.45) is 0 Å². The predicted molar refractivity (Wildman–Crippen MR) is 126 cm³/mol. The van der Waals surface area contributed by atoms with E-state index in [1.54, 1.807) is 62.4 Å². The summed E-state index contributed by atoms with van der Waals surface area (Å²) in [6, 6.07) is 25.9. The van der Waals surface area contributed by atoms with Gasteiger partial charge in [-0.15, -0.1) is 0 Å². The van der Waals surface area contributed by atoms with Crippen molar-refractivity contribution in [1.82, 2.24) is 9.97 Å². The van der Waals surface area contributed by atoms with Crippen molar-refractivity contribution in [2.45, 2.75) is 24.3 Å². The van der Waals surface area contributed by atoms with Crippen LogP contribution in [0.2, 0.25) is 0 Å². The summed E-state index contributed by atoms with van der Waals surface area (Å²) in [4.78, 5) is 8.77. The number of rotatable bonds is 7. The van der Waals surface area contributed by atoms with Gasteiger partial charge in [0, 0.05) is 11.6 Å². The van der Waals surface area contributed by atoms with Gasteiger partial charge in [-0.25, -0.2) is 18.1 Å². The van der Waals surface area contributed by atoms with Gasteiger partial charge in [0.05, 0.1) is 16.2 Å². The van der Waals surface area contributed by atoms with Crippen LogP contribution in [0.3, 0.4) is 0 Å². The number of sulfonamides is 1. The maximum atomic E-state index is 12.8. The Hall–Kier alpha value is -3.75. The Labute approximate surface area is 192 Å². The smallest absolute Gasteiger partial charge is 0.264 e. The zero-order valence-corrected chi connectivity index (χ0v) is 19.0. The first-order valence-corrected chi connectivity index (χ1v) is 11.7. The van der Waals surface area contributed by atoms with E-state index in [1.807, 2.05) is 30.3 Å². The minimum Gasteiger partial charge on any atom is -0.439 e. The molecule has 0 bridgehead atoms. The van der Waals surface area contributed by atoms with Crippen molar-refractivity contribution in [2.75, 3.05) is 4.72 Å². The Morgan fingerprint density at radius 1 is 0.848 bits per heavy atom. The number of nitrogens with zero attached hydrogens (tertiary/aromatic N) is 2. The second-order valence-electron chi connectivity index (χ2n) is 7.89. The predicted octanol–water partition coefficient (Wildman–Crippen LogP) is 4.96. The van der Waals surface area contributed by atoms with E-state index in [9.17, 15) is 13.5 Å². The monoisotopic (exact) mass is 461 g/mol. The van der Waals surface area contributed by atoms with Crippen molar-refractivity contribution in [3.05, 3.63) is 96.6 Å². The van der Waals surface area contributed by atoms with Crippen LogP contribution < -0.4 is 9.46 Å². The van der Waals surface area contributed by atoms with Crippen molar-refractivity contribution in [3.63, 3.8) is 0 Å². The maximum Gasteiger partial charge on any atom is 0.264 e. The minimum atomic E-state index is -3.90. The Morgan fingerprint density at radius 3 is 2.18 bits per heavy atom. The highest BCUT2D eigenvalue weighted by Gasteiger charge is 2.19. The molecule has 1 aromatic heterocycles. The van der Waals surface area contributed by atoms with Gasteiger partial charge in [-0.3, -0.25) is 0 Å². The van der Waals surface area contributed by atoms with E-state index in [-0.39, 0.29) is 16.7 Å². The second kappa shape index (κ2) is 9.01. The number of aliphatic hydroxyl groups is 1. The molecule has 0 aliphatic carbocycles. The van der Waals surface area contributed by atoms with E-state index in [0.717, 1.165) is 0 Å².